The summed E-state index contributed by atoms with van der Waals surface area (Å²) in [7, 11) is 1.65. The van der Waals surface area contributed by atoms with Gasteiger partial charge in [0.25, 0.3) is 5.91 Å². The monoisotopic (exact) mass is 404 g/mol. The second-order valence-corrected chi connectivity index (χ2v) is 7.80. The van der Waals surface area contributed by atoms with Crippen molar-refractivity contribution in [3.63, 3.8) is 0 Å². The van der Waals surface area contributed by atoms with Crippen molar-refractivity contribution in [2.45, 2.75) is 26.7 Å². The summed E-state index contributed by atoms with van der Waals surface area (Å²) in [6.07, 6.45) is 2.29. The highest BCUT2D eigenvalue weighted by molar-refractivity contribution is 5.94. The lowest BCUT2D eigenvalue weighted by molar-refractivity contribution is 0.0644. The number of carbonyl (C=O) groups excluding carboxylic acids is 1. The summed E-state index contributed by atoms with van der Waals surface area (Å²) in [6, 6.07) is 15.3. The number of rotatable bonds is 6. The van der Waals surface area contributed by atoms with Crippen molar-refractivity contribution < 1.29 is 9.53 Å². The van der Waals surface area contributed by atoms with E-state index in [-0.39, 0.29) is 5.91 Å². The minimum Gasteiger partial charge on any atom is -0.497 e. The molecule has 1 heterocycles. The number of benzene rings is 2. The molecule has 1 atom stereocenters. The highest BCUT2D eigenvalue weighted by atomic mass is 16.5. The fraction of sp³-hybridized carbons (Fsp3) is 0.423. The van der Waals surface area contributed by atoms with E-state index in [1.54, 1.807) is 7.11 Å². The van der Waals surface area contributed by atoms with Crippen LogP contribution >= 0.6 is 0 Å². The van der Waals surface area contributed by atoms with Gasteiger partial charge in [0.2, 0.25) is 0 Å². The zero-order chi connectivity index (χ0) is 21.3. The van der Waals surface area contributed by atoms with Crippen LogP contribution in [0.3, 0.4) is 0 Å². The average molecular weight is 405 g/mol. The lowest BCUT2D eigenvalue weighted by Gasteiger charge is -2.35. The Balaban J connectivity index is 1.61. The smallest absolute Gasteiger partial charge is 0.253 e. The molecule has 0 bridgehead atoms. The molecule has 2 aromatic carbocycles. The molecule has 4 nitrogen and oxygen atoms in total. The topological polar surface area (TPSA) is 32.8 Å². The van der Waals surface area contributed by atoms with E-state index in [0.29, 0.717) is 5.92 Å². The number of hydrogen-bond acceptors (Lipinski definition) is 3. The van der Waals surface area contributed by atoms with Crippen LogP contribution in [0.2, 0.25) is 0 Å². The van der Waals surface area contributed by atoms with Gasteiger partial charge in [0.1, 0.15) is 5.75 Å². The molecule has 3 rings (SSSR count). The van der Waals surface area contributed by atoms with E-state index in [9.17, 15) is 4.79 Å². The number of ether oxygens (including phenoxy) is 1. The van der Waals surface area contributed by atoms with Crippen molar-refractivity contribution in [2.24, 2.45) is 5.92 Å². The standard InChI is InChI=1S/C26H32N2O2/c1-4-27(5-2)19-23-7-6-18-28(20-23)26(29)24-14-10-21(11-15-24)8-9-22-12-16-25(30-3)17-13-22/h10-17,23H,4-7,18-20H2,1-3H3. The molecule has 0 radical (unpaired) electrons. The Kier molecular flexibility index (Phi) is 7.93. The number of nitrogens with zero attached hydrogens (tertiary/aromatic N) is 2. The molecule has 1 unspecified atom stereocenters. The van der Waals surface area contributed by atoms with Crippen LogP contribution in [0, 0.1) is 17.8 Å². The van der Waals surface area contributed by atoms with Crippen LogP contribution in [0.4, 0.5) is 0 Å². The first-order valence-electron chi connectivity index (χ1n) is 10.9. The third-order valence-electron chi connectivity index (χ3n) is 5.79. The Morgan fingerprint density at radius 2 is 1.63 bits per heavy atom. The van der Waals surface area contributed by atoms with Crippen molar-refractivity contribution in [2.75, 3.05) is 39.8 Å². The van der Waals surface area contributed by atoms with Crippen molar-refractivity contribution in [3.05, 3.63) is 65.2 Å². The molecule has 0 N–H and O–H groups in total. The summed E-state index contributed by atoms with van der Waals surface area (Å²) in [5.41, 5.74) is 2.58. The molecule has 0 saturated carbocycles. The van der Waals surface area contributed by atoms with E-state index in [1.807, 2.05) is 53.4 Å². The lowest BCUT2D eigenvalue weighted by atomic mass is 9.96. The number of likely N-dealkylation sites (tertiary alicyclic amines) is 1. The SMILES string of the molecule is CCN(CC)CC1CCCN(C(=O)c2ccc(C#Cc3ccc(OC)cc3)cc2)C1. The van der Waals surface area contributed by atoms with Gasteiger partial charge in [-0.1, -0.05) is 25.7 Å². The summed E-state index contributed by atoms with van der Waals surface area (Å²) in [5.74, 6) is 7.84. The second kappa shape index (κ2) is 10.8. The second-order valence-electron chi connectivity index (χ2n) is 7.80. The van der Waals surface area contributed by atoms with E-state index in [0.717, 1.165) is 61.6 Å². The van der Waals surface area contributed by atoms with Crippen molar-refractivity contribution in [1.29, 1.82) is 0 Å². The van der Waals surface area contributed by atoms with Gasteiger partial charge < -0.3 is 14.5 Å². The van der Waals surface area contributed by atoms with E-state index in [2.05, 4.69) is 30.6 Å². The third-order valence-corrected chi connectivity index (χ3v) is 5.79. The molecule has 0 aromatic heterocycles. The van der Waals surface area contributed by atoms with Gasteiger partial charge in [-0.05, 0) is 80.4 Å². The van der Waals surface area contributed by atoms with Crippen molar-refractivity contribution in [1.82, 2.24) is 9.80 Å². The summed E-state index contributed by atoms with van der Waals surface area (Å²) in [5, 5.41) is 0. The Labute approximate surface area is 180 Å². The minimum absolute atomic E-state index is 0.133. The molecule has 2 aromatic rings. The predicted molar refractivity (Wildman–Crippen MR) is 122 cm³/mol. The summed E-state index contributed by atoms with van der Waals surface area (Å²) in [6.45, 7) is 9.33. The molecule has 0 spiro atoms. The minimum atomic E-state index is 0.133. The Bertz CT molecular complexity index is 874. The summed E-state index contributed by atoms with van der Waals surface area (Å²) < 4.78 is 5.17. The molecule has 0 aliphatic carbocycles. The van der Waals surface area contributed by atoms with Crippen LogP contribution in [-0.2, 0) is 0 Å². The van der Waals surface area contributed by atoms with Crippen LogP contribution < -0.4 is 4.74 Å². The zero-order valence-corrected chi connectivity index (χ0v) is 18.4. The van der Waals surface area contributed by atoms with Gasteiger partial charge in [0, 0.05) is 36.3 Å². The van der Waals surface area contributed by atoms with Crippen molar-refractivity contribution >= 4 is 5.91 Å². The van der Waals surface area contributed by atoms with Crippen LogP contribution in [0.5, 0.6) is 5.75 Å². The molecule has 30 heavy (non-hydrogen) atoms. The number of methoxy groups -OCH3 is 1. The molecule has 1 aliphatic rings. The summed E-state index contributed by atoms with van der Waals surface area (Å²) >= 11 is 0. The zero-order valence-electron chi connectivity index (χ0n) is 18.4. The molecule has 1 aliphatic heterocycles. The quantitative estimate of drug-likeness (QED) is 0.674. The average Bonchev–Trinajstić information content (AvgIpc) is 2.81. The van der Waals surface area contributed by atoms with Crippen LogP contribution in [0.1, 0.15) is 48.2 Å². The largest absolute Gasteiger partial charge is 0.497 e. The van der Waals surface area contributed by atoms with Crippen molar-refractivity contribution in [3.8, 4) is 17.6 Å². The number of amides is 1. The van der Waals surface area contributed by atoms with Gasteiger partial charge in [-0.25, -0.2) is 0 Å². The van der Waals surface area contributed by atoms with Gasteiger partial charge in [-0.15, -0.1) is 0 Å². The first kappa shape index (κ1) is 21.9. The Morgan fingerprint density at radius 3 is 2.20 bits per heavy atom. The van der Waals surface area contributed by atoms with Crippen LogP contribution in [0.25, 0.3) is 0 Å². The fourth-order valence-corrected chi connectivity index (χ4v) is 3.94. The van der Waals surface area contributed by atoms with Gasteiger partial charge in [0.15, 0.2) is 0 Å². The highest BCUT2D eigenvalue weighted by Gasteiger charge is 2.25. The lowest BCUT2D eigenvalue weighted by Crippen LogP contribution is -2.43. The maximum Gasteiger partial charge on any atom is 0.253 e. The first-order chi connectivity index (χ1) is 14.6. The maximum absolute atomic E-state index is 13.0. The van der Waals surface area contributed by atoms with Gasteiger partial charge in [0.05, 0.1) is 7.11 Å². The molecular formula is C26H32N2O2. The molecule has 158 valence electrons. The highest BCUT2D eigenvalue weighted by Crippen LogP contribution is 2.20. The number of carbonyl (C=O) groups is 1. The predicted octanol–water partition coefficient (Wildman–Crippen LogP) is 4.29. The molecular weight excluding hydrogens is 372 g/mol. The van der Waals surface area contributed by atoms with Gasteiger partial charge >= 0.3 is 0 Å². The van der Waals surface area contributed by atoms with Crippen LogP contribution in [0.15, 0.2) is 48.5 Å². The third kappa shape index (κ3) is 5.87. The van der Waals surface area contributed by atoms with E-state index < -0.39 is 0 Å². The van der Waals surface area contributed by atoms with Gasteiger partial charge in [-0.2, -0.15) is 0 Å². The normalized spacial score (nSPS) is 16.1. The molecule has 1 amide bonds. The van der Waals surface area contributed by atoms with E-state index in [1.165, 1.54) is 6.42 Å². The van der Waals surface area contributed by atoms with E-state index >= 15 is 0 Å². The van der Waals surface area contributed by atoms with Gasteiger partial charge in [-0.3, -0.25) is 4.79 Å². The first-order valence-corrected chi connectivity index (χ1v) is 10.9. The maximum atomic E-state index is 13.0. The molecule has 1 fully saturated rings. The summed E-state index contributed by atoms with van der Waals surface area (Å²) in [4.78, 5) is 17.5. The Hall–Kier alpha value is -2.77. The number of piperidine rings is 1. The van der Waals surface area contributed by atoms with E-state index in [4.69, 9.17) is 4.74 Å². The van der Waals surface area contributed by atoms with Crippen LogP contribution in [-0.4, -0.2) is 55.5 Å². The molecule has 1 saturated heterocycles. The molecule has 4 heteroatoms. The number of hydrogen-bond donors (Lipinski definition) is 0. The Morgan fingerprint density at radius 1 is 1.03 bits per heavy atom. The fourth-order valence-electron chi connectivity index (χ4n) is 3.94.